The van der Waals surface area contributed by atoms with Crippen molar-refractivity contribution in [1.82, 2.24) is 0 Å². The Morgan fingerprint density at radius 1 is 0.346 bits per heavy atom. The van der Waals surface area contributed by atoms with Gasteiger partial charge >= 0.3 is 33.6 Å². The summed E-state index contributed by atoms with van der Waals surface area (Å²) < 4.78 is 60.6. The van der Waals surface area contributed by atoms with Gasteiger partial charge in [-0.1, -0.05) is 218 Å². The summed E-state index contributed by atoms with van der Waals surface area (Å²) in [5, 5.41) is 20.4. The number of unbranched alkanes of at least 4 members (excludes halogenated alkanes) is 33. The highest BCUT2D eigenvalue weighted by molar-refractivity contribution is 7.47. The van der Waals surface area contributed by atoms with Crippen molar-refractivity contribution in [2.75, 3.05) is 39.6 Å². The Kier molecular flexibility index (Phi) is 54.2. The molecule has 0 aromatic rings. The minimum Gasteiger partial charge on any atom is -0.463 e. The van der Waals surface area contributed by atoms with Crippen molar-refractivity contribution in [1.29, 1.82) is 0 Å². The molecule has 0 amide bonds. The molecule has 0 spiro atoms. The third-order valence-corrected chi connectivity index (χ3v) is 15.3. The number of hydrogen-bond acceptors (Lipinski definition) is 14. The highest BCUT2D eigenvalue weighted by Crippen LogP contribution is 2.45. The molecule has 5 atom stereocenters. The van der Waals surface area contributed by atoms with Crippen LogP contribution in [0.25, 0.3) is 0 Å². The zero-order valence-electron chi connectivity index (χ0n) is 49.4. The number of carbonyl (C=O) groups excluding carboxylic acids is 3. The Hall–Kier alpha value is -1.97. The first-order valence-corrected chi connectivity index (χ1v) is 34.1. The van der Waals surface area contributed by atoms with Crippen molar-refractivity contribution in [3.8, 4) is 0 Å². The third-order valence-electron chi connectivity index (χ3n) is 13.4. The minimum atomic E-state index is -4.91. The molecule has 0 aromatic heterocycles. The van der Waals surface area contributed by atoms with Crippen molar-refractivity contribution < 1.29 is 75.8 Å². The first-order valence-electron chi connectivity index (χ1n) is 31.1. The summed E-state index contributed by atoms with van der Waals surface area (Å²) in [5.41, 5.74) is 0. The van der Waals surface area contributed by atoms with E-state index in [1.807, 2.05) is 0 Å². The molecule has 16 nitrogen and oxygen atoms in total. The summed E-state index contributed by atoms with van der Waals surface area (Å²) >= 11 is 0. The number of carbonyl (C=O) groups is 3. The summed E-state index contributed by atoms with van der Waals surface area (Å²) in [6, 6.07) is 0. The van der Waals surface area contributed by atoms with Crippen LogP contribution in [0.1, 0.15) is 284 Å². The van der Waals surface area contributed by atoms with E-state index in [4.69, 9.17) is 32.3 Å². The number of phosphoric ester groups is 2. The van der Waals surface area contributed by atoms with Crippen molar-refractivity contribution in [2.45, 2.75) is 302 Å². The third kappa shape index (κ3) is 55.9. The zero-order valence-corrected chi connectivity index (χ0v) is 51.1. The van der Waals surface area contributed by atoms with E-state index in [9.17, 15) is 43.5 Å². The molecule has 0 aliphatic carbocycles. The van der Waals surface area contributed by atoms with Gasteiger partial charge < -0.3 is 34.2 Å². The number of aliphatic hydroxyl groups is 2. The minimum absolute atomic E-state index is 0.0978. The fourth-order valence-corrected chi connectivity index (χ4v) is 10.1. The molecule has 0 aromatic carbocycles. The average molecular weight is 1150 g/mol. The maximum absolute atomic E-state index is 12.8. The monoisotopic (exact) mass is 1150 g/mol. The van der Waals surface area contributed by atoms with Gasteiger partial charge in [0.2, 0.25) is 0 Å². The topological polar surface area (TPSA) is 231 Å². The Labute approximate surface area is 473 Å². The van der Waals surface area contributed by atoms with E-state index < -0.39 is 91.5 Å². The number of hydrogen-bond donors (Lipinski definition) is 4. The maximum Gasteiger partial charge on any atom is 0.472 e. The van der Waals surface area contributed by atoms with E-state index in [0.29, 0.717) is 19.3 Å². The van der Waals surface area contributed by atoms with E-state index in [1.165, 1.54) is 128 Å². The number of ether oxygens (including phenoxy) is 3. The van der Waals surface area contributed by atoms with Crippen molar-refractivity contribution >= 4 is 33.6 Å². The van der Waals surface area contributed by atoms with E-state index in [-0.39, 0.29) is 19.3 Å². The van der Waals surface area contributed by atoms with Crippen LogP contribution in [0.15, 0.2) is 24.3 Å². The number of rotatable bonds is 60. The molecule has 0 aliphatic rings. The second kappa shape index (κ2) is 55.6. The lowest BCUT2D eigenvalue weighted by Crippen LogP contribution is -2.30. The van der Waals surface area contributed by atoms with E-state index in [0.717, 1.165) is 96.3 Å². The summed E-state index contributed by atoms with van der Waals surface area (Å²) in [7, 11) is -9.74. The Balaban J connectivity index is 4.65. The van der Waals surface area contributed by atoms with Crippen molar-refractivity contribution in [3.63, 3.8) is 0 Å². The molecule has 2 unspecified atom stereocenters. The standard InChI is InChI=1S/C60H114O16P2/c1-4-7-10-13-16-19-22-25-27-29-32-34-37-40-43-46-58(63)70-49-55(61)50-72-77(66,67)73-51-56(62)52-74-78(68,69)75-54-57(76-60(65)48-45-42-39-36-31-24-21-18-15-12-9-6-3)53-71-59(64)47-44-41-38-35-33-30-28-26-23-20-17-14-11-8-5-2/h18,21,26,28,55-57,61-62H,4-17,19-20,22-25,27,29-54H2,1-3H3,(H,66,67)(H,68,69)/b21-18+,28-26+/t55-,56+,57-/m1/s1. The summed E-state index contributed by atoms with van der Waals surface area (Å²) in [6.45, 7) is 2.64. The van der Waals surface area contributed by atoms with Gasteiger partial charge in [-0.2, -0.15) is 0 Å². The van der Waals surface area contributed by atoms with Crippen LogP contribution in [-0.4, -0.2) is 95.9 Å². The molecule has 78 heavy (non-hydrogen) atoms. The molecule has 0 radical (unpaired) electrons. The highest BCUT2D eigenvalue weighted by atomic mass is 31.2. The Morgan fingerprint density at radius 3 is 0.962 bits per heavy atom. The molecular weight excluding hydrogens is 1040 g/mol. The Morgan fingerprint density at radius 2 is 0.603 bits per heavy atom. The molecule has 0 aliphatic heterocycles. The van der Waals surface area contributed by atoms with Gasteiger partial charge in [-0.3, -0.25) is 32.5 Å². The lowest BCUT2D eigenvalue weighted by atomic mass is 10.0. The van der Waals surface area contributed by atoms with Gasteiger partial charge in [-0.15, -0.1) is 0 Å². The number of aliphatic hydroxyl groups excluding tert-OH is 2. The lowest BCUT2D eigenvalue weighted by molar-refractivity contribution is -0.161. The molecular formula is C60H114O16P2. The van der Waals surface area contributed by atoms with Crippen LogP contribution in [0.5, 0.6) is 0 Å². The SMILES string of the molecule is CCCCC/C=C/CCCCCCCC(=O)O[C@H](COC(=O)CCCCCCC/C=C/CCCCCCCC)COP(=O)(O)OC[C@@H](O)COP(=O)(O)OC[C@H](O)COC(=O)CCCCCCCCCCCCCCCCC. The van der Waals surface area contributed by atoms with Gasteiger partial charge in [0.15, 0.2) is 6.10 Å². The number of esters is 3. The fourth-order valence-electron chi connectivity index (χ4n) is 8.56. The highest BCUT2D eigenvalue weighted by Gasteiger charge is 2.29. The zero-order chi connectivity index (χ0) is 57.5. The number of allylic oxidation sites excluding steroid dienone is 4. The Bertz CT molecular complexity index is 1550. The number of phosphoric acid groups is 2. The smallest absolute Gasteiger partial charge is 0.463 e. The van der Waals surface area contributed by atoms with Gasteiger partial charge in [0.1, 0.15) is 25.4 Å². The van der Waals surface area contributed by atoms with Crippen LogP contribution in [0.4, 0.5) is 0 Å². The van der Waals surface area contributed by atoms with E-state index >= 15 is 0 Å². The van der Waals surface area contributed by atoms with Crippen molar-refractivity contribution in [3.05, 3.63) is 24.3 Å². The van der Waals surface area contributed by atoms with Crippen LogP contribution in [0.3, 0.4) is 0 Å². The average Bonchev–Trinajstić information content (AvgIpc) is 3.41. The van der Waals surface area contributed by atoms with Gasteiger partial charge in [0.25, 0.3) is 0 Å². The fraction of sp³-hybridized carbons (Fsp3) is 0.883. The first-order chi connectivity index (χ1) is 37.7. The predicted octanol–water partition coefficient (Wildman–Crippen LogP) is 16.1. The van der Waals surface area contributed by atoms with E-state index in [1.54, 1.807) is 0 Å². The van der Waals surface area contributed by atoms with Gasteiger partial charge in [-0.25, -0.2) is 9.13 Å². The summed E-state index contributed by atoms with van der Waals surface area (Å²) in [4.78, 5) is 58.1. The van der Waals surface area contributed by atoms with Gasteiger partial charge in [-0.05, 0) is 70.6 Å². The van der Waals surface area contributed by atoms with Crippen LogP contribution >= 0.6 is 15.6 Å². The second-order valence-corrected chi connectivity index (χ2v) is 24.1. The van der Waals surface area contributed by atoms with E-state index in [2.05, 4.69) is 45.1 Å². The van der Waals surface area contributed by atoms with Crippen LogP contribution in [0, 0.1) is 0 Å². The molecule has 18 heteroatoms. The quantitative estimate of drug-likeness (QED) is 0.0146. The van der Waals surface area contributed by atoms with Crippen molar-refractivity contribution in [2.24, 2.45) is 0 Å². The lowest BCUT2D eigenvalue weighted by Gasteiger charge is -2.21. The molecule has 0 fully saturated rings. The molecule has 0 rings (SSSR count). The van der Waals surface area contributed by atoms with Gasteiger partial charge in [0.05, 0.1) is 26.4 Å². The summed E-state index contributed by atoms with van der Waals surface area (Å²) in [6.07, 6.45) is 48.2. The summed E-state index contributed by atoms with van der Waals surface area (Å²) in [5.74, 6) is -1.58. The molecule has 0 bridgehead atoms. The molecule has 460 valence electrons. The second-order valence-electron chi connectivity index (χ2n) is 21.2. The largest absolute Gasteiger partial charge is 0.472 e. The molecule has 4 N–H and O–H groups in total. The molecule has 0 saturated heterocycles. The predicted molar refractivity (Wildman–Crippen MR) is 312 cm³/mol. The van der Waals surface area contributed by atoms with Crippen LogP contribution < -0.4 is 0 Å². The van der Waals surface area contributed by atoms with Crippen LogP contribution in [-0.2, 0) is 55.8 Å². The maximum atomic E-state index is 12.8. The van der Waals surface area contributed by atoms with Crippen LogP contribution in [0.2, 0.25) is 0 Å². The molecule has 0 heterocycles. The normalized spacial score (nSPS) is 14.6. The first kappa shape index (κ1) is 76.0. The molecule has 0 saturated carbocycles. The van der Waals surface area contributed by atoms with Gasteiger partial charge in [0, 0.05) is 19.3 Å².